The Hall–Kier alpha value is -0.710. The van der Waals surface area contributed by atoms with Crippen molar-refractivity contribution in [2.45, 2.75) is 26.2 Å². The zero-order valence-electron chi connectivity index (χ0n) is 6.91. The van der Waals surface area contributed by atoms with Crippen LogP contribution in [-0.2, 0) is 10.8 Å². The van der Waals surface area contributed by atoms with Crippen molar-refractivity contribution in [3.05, 3.63) is 20.7 Å². The molecule has 0 aromatic heterocycles. The maximum absolute atomic E-state index is 11.3. The van der Waals surface area contributed by atoms with Gasteiger partial charge >= 0.3 is 0 Å². The Balaban J connectivity index is 2.91. The molecule has 0 amide bonds. The fraction of sp³-hybridized carbons (Fsp3) is 0.714. The lowest BCUT2D eigenvalue weighted by molar-refractivity contribution is -0.427. The molecule has 1 aliphatic carbocycles. The molecule has 1 aliphatic rings. The third-order valence-corrected chi connectivity index (χ3v) is 3.41. The van der Waals surface area contributed by atoms with Gasteiger partial charge in [-0.25, -0.2) is 0 Å². The summed E-state index contributed by atoms with van der Waals surface area (Å²) in [4.78, 5) is 10.6. The second-order valence-electron chi connectivity index (χ2n) is 2.61. The summed E-state index contributed by atoms with van der Waals surface area (Å²) >= 11 is 0. The van der Waals surface area contributed by atoms with Crippen LogP contribution in [0.15, 0.2) is 10.6 Å². The van der Waals surface area contributed by atoms with Crippen molar-refractivity contribution in [2.24, 2.45) is 0 Å². The van der Waals surface area contributed by atoms with Gasteiger partial charge in [-0.2, -0.15) is 0 Å². The molecule has 0 N–H and O–H groups in total. The Morgan fingerprint density at radius 1 is 1.58 bits per heavy atom. The van der Waals surface area contributed by atoms with E-state index in [2.05, 4.69) is 0 Å². The number of allylic oxidation sites excluding steroid dienone is 2. The Kier molecular flexibility index (Phi) is 2.97. The van der Waals surface area contributed by atoms with Crippen molar-refractivity contribution >= 4 is 10.8 Å². The molecule has 0 bridgehead atoms. The van der Waals surface area contributed by atoms with Crippen LogP contribution in [0.2, 0.25) is 0 Å². The van der Waals surface area contributed by atoms with Crippen LogP contribution in [0.1, 0.15) is 26.2 Å². The van der Waals surface area contributed by atoms with Gasteiger partial charge in [-0.15, -0.1) is 0 Å². The normalized spacial score (nSPS) is 19.8. The third kappa shape index (κ3) is 1.72. The summed E-state index contributed by atoms with van der Waals surface area (Å²) in [5.74, 6) is 0.479. The van der Waals surface area contributed by atoms with E-state index >= 15 is 0 Å². The first-order valence-electron chi connectivity index (χ1n) is 3.91. The summed E-state index contributed by atoms with van der Waals surface area (Å²) in [6.07, 6.45) is 1.89. The van der Waals surface area contributed by atoms with Gasteiger partial charge in [0.1, 0.15) is 0 Å². The average Bonchev–Trinajstić information content (AvgIpc) is 2.50. The van der Waals surface area contributed by atoms with Gasteiger partial charge in [0, 0.05) is 12.2 Å². The molecule has 12 heavy (non-hydrogen) atoms. The SMILES string of the molecule is CCS(=O)C1=C([N+](=O)[O-])CCC1. The summed E-state index contributed by atoms with van der Waals surface area (Å²) in [6, 6.07) is 0. The number of hydrogen-bond donors (Lipinski definition) is 0. The average molecular weight is 189 g/mol. The maximum atomic E-state index is 11.3. The summed E-state index contributed by atoms with van der Waals surface area (Å²) < 4.78 is 11.3. The van der Waals surface area contributed by atoms with Gasteiger partial charge in [0.25, 0.3) is 5.70 Å². The summed E-state index contributed by atoms with van der Waals surface area (Å²) in [5.41, 5.74) is 0.190. The fourth-order valence-electron chi connectivity index (χ4n) is 1.31. The lowest BCUT2D eigenvalue weighted by atomic mass is 10.3. The molecule has 1 unspecified atom stereocenters. The lowest BCUT2D eigenvalue weighted by Crippen LogP contribution is -2.03. The van der Waals surface area contributed by atoms with Crippen LogP contribution in [-0.4, -0.2) is 14.9 Å². The minimum atomic E-state index is -1.12. The Bertz CT molecular complexity index is 259. The second-order valence-corrected chi connectivity index (χ2v) is 4.38. The molecule has 0 spiro atoms. The van der Waals surface area contributed by atoms with Crippen LogP contribution < -0.4 is 0 Å². The first kappa shape index (κ1) is 9.38. The highest BCUT2D eigenvalue weighted by atomic mass is 32.2. The van der Waals surface area contributed by atoms with Gasteiger partial charge in [0.05, 0.1) is 20.6 Å². The van der Waals surface area contributed by atoms with E-state index in [-0.39, 0.29) is 5.70 Å². The number of rotatable bonds is 3. The van der Waals surface area contributed by atoms with Gasteiger partial charge in [0.2, 0.25) is 0 Å². The highest BCUT2D eigenvalue weighted by Crippen LogP contribution is 2.28. The van der Waals surface area contributed by atoms with Gasteiger partial charge in [-0.05, 0) is 12.8 Å². The molecule has 4 nitrogen and oxygen atoms in total. The van der Waals surface area contributed by atoms with Gasteiger partial charge < -0.3 is 0 Å². The first-order valence-corrected chi connectivity index (χ1v) is 5.23. The number of nitrogens with zero attached hydrogens (tertiary/aromatic N) is 1. The predicted molar refractivity (Wildman–Crippen MR) is 46.6 cm³/mol. The second kappa shape index (κ2) is 3.80. The minimum Gasteiger partial charge on any atom is -0.259 e. The summed E-state index contributed by atoms with van der Waals surface area (Å²) in [6.45, 7) is 1.78. The third-order valence-electron chi connectivity index (χ3n) is 1.90. The molecule has 0 saturated heterocycles. The molecule has 0 aliphatic heterocycles. The van der Waals surface area contributed by atoms with Crippen molar-refractivity contribution in [1.29, 1.82) is 0 Å². The van der Waals surface area contributed by atoms with Gasteiger partial charge in [0.15, 0.2) is 0 Å². The minimum absolute atomic E-state index is 0.190. The number of nitro groups is 1. The van der Waals surface area contributed by atoms with Crippen molar-refractivity contribution in [3.63, 3.8) is 0 Å². The predicted octanol–water partition coefficient (Wildman–Crippen LogP) is 1.43. The van der Waals surface area contributed by atoms with Crippen LogP contribution in [0, 0.1) is 10.1 Å². The van der Waals surface area contributed by atoms with E-state index in [1.54, 1.807) is 6.92 Å². The standard InChI is InChI=1S/C7H11NO3S/c1-2-12(11)7-5-3-4-6(7)8(9)10/h2-5H2,1H3. The maximum Gasteiger partial charge on any atom is 0.258 e. The molecular weight excluding hydrogens is 178 g/mol. The van der Waals surface area contributed by atoms with Gasteiger partial charge in [-0.3, -0.25) is 14.3 Å². The van der Waals surface area contributed by atoms with Crippen molar-refractivity contribution in [3.8, 4) is 0 Å². The van der Waals surface area contributed by atoms with Crippen molar-refractivity contribution in [2.75, 3.05) is 5.75 Å². The van der Waals surface area contributed by atoms with E-state index in [9.17, 15) is 14.3 Å². The van der Waals surface area contributed by atoms with E-state index in [0.717, 1.165) is 6.42 Å². The van der Waals surface area contributed by atoms with E-state index < -0.39 is 15.7 Å². The first-order chi connectivity index (χ1) is 5.66. The molecule has 0 heterocycles. The van der Waals surface area contributed by atoms with Crippen LogP contribution in [0.4, 0.5) is 0 Å². The Labute approximate surface area is 73.3 Å². The smallest absolute Gasteiger partial charge is 0.258 e. The van der Waals surface area contributed by atoms with Crippen LogP contribution in [0.25, 0.3) is 0 Å². The van der Waals surface area contributed by atoms with Crippen molar-refractivity contribution in [1.82, 2.24) is 0 Å². The topological polar surface area (TPSA) is 60.2 Å². The molecule has 0 aromatic carbocycles. The molecule has 0 aromatic rings. The summed E-state index contributed by atoms with van der Waals surface area (Å²) in [5, 5.41) is 10.4. The Morgan fingerprint density at radius 3 is 2.75 bits per heavy atom. The van der Waals surface area contributed by atoms with E-state index in [0.29, 0.717) is 23.5 Å². The Morgan fingerprint density at radius 2 is 2.25 bits per heavy atom. The molecule has 5 heteroatoms. The van der Waals surface area contributed by atoms with E-state index in [1.807, 2.05) is 0 Å². The van der Waals surface area contributed by atoms with E-state index in [1.165, 1.54) is 0 Å². The lowest BCUT2D eigenvalue weighted by Gasteiger charge is -1.97. The highest BCUT2D eigenvalue weighted by Gasteiger charge is 2.27. The largest absolute Gasteiger partial charge is 0.259 e. The molecule has 0 saturated carbocycles. The quantitative estimate of drug-likeness (QED) is 0.498. The van der Waals surface area contributed by atoms with Crippen LogP contribution in [0.3, 0.4) is 0 Å². The van der Waals surface area contributed by atoms with Crippen LogP contribution in [0.5, 0.6) is 0 Å². The molecule has 68 valence electrons. The zero-order valence-corrected chi connectivity index (χ0v) is 7.73. The van der Waals surface area contributed by atoms with Crippen molar-refractivity contribution < 1.29 is 9.13 Å². The molecule has 1 rings (SSSR count). The fourth-order valence-corrected chi connectivity index (χ4v) is 2.47. The zero-order chi connectivity index (χ0) is 9.14. The molecule has 1 atom stereocenters. The van der Waals surface area contributed by atoms with E-state index in [4.69, 9.17) is 0 Å². The summed E-state index contributed by atoms with van der Waals surface area (Å²) in [7, 11) is -1.12. The highest BCUT2D eigenvalue weighted by molar-refractivity contribution is 7.88. The van der Waals surface area contributed by atoms with Gasteiger partial charge in [-0.1, -0.05) is 6.92 Å². The monoisotopic (exact) mass is 189 g/mol. The molecular formula is C7H11NO3S. The number of hydrogen-bond acceptors (Lipinski definition) is 3. The van der Waals surface area contributed by atoms with Crippen LogP contribution >= 0.6 is 0 Å². The molecule has 0 fully saturated rings. The molecule has 0 radical (unpaired) electrons.